The van der Waals surface area contributed by atoms with Gasteiger partial charge in [-0.2, -0.15) is 0 Å². The van der Waals surface area contributed by atoms with Crippen LogP contribution >= 0.6 is 0 Å². The van der Waals surface area contributed by atoms with Gasteiger partial charge in [-0.1, -0.05) is 30.7 Å². The number of nitrogens with one attached hydrogen (secondary N) is 1. The molecule has 0 saturated carbocycles. The van der Waals surface area contributed by atoms with Gasteiger partial charge in [-0.15, -0.1) is 0 Å². The lowest BCUT2D eigenvalue weighted by molar-refractivity contribution is -0.114. The van der Waals surface area contributed by atoms with E-state index in [4.69, 9.17) is 0 Å². The normalized spacial score (nSPS) is 15.4. The smallest absolute Gasteiger partial charge is 0.221 e. The highest BCUT2D eigenvalue weighted by Crippen LogP contribution is 2.22. The lowest BCUT2D eigenvalue weighted by Crippen LogP contribution is -2.46. The standard InChI is InChI=1S/C25H33N3O3S/c1-20(29)26-23-19-21(12-13-25(23)32(2)31)24(30)11-7-4-8-14-27-15-17-28(18-16-27)22-9-5-3-6-10-22/h3,5-6,9-10,12-13,19H,4,7-8,11,14-18H2,1-2H3,(H,26,29). The summed E-state index contributed by atoms with van der Waals surface area (Å²) in [4.78, 5) is 29.5. The average Bonchev–Trinajstić information content (AvgIpc) is 2.79. The van der Waals surface area contributed by atoms with Crippen molar-refractivity contribution in [2.75, 3.05) is 49.2 Å². The number of benzene rings is 2. The molecule has 1 atom stereocenters. The molecule has 1 N–H and O–H groups in total. The highest BCUT2D eigenvalue weighted by molar-refractivity contribution is 7.84. The molecule has 0 aromatic heterocycles. The van der Waals surface area contributed by atoms with Crippen molar-refractivity contribution in [2.45, 2.75) is 37.5 Å². The molecular formula is C25H33N3O3S. The predicted octanol–water partition coefficient (Wildman–Crippen LogP) is 3.95. The van der Waals surface area contributed by atoms with E-state index in [1.165, 1.54) is 12.6 Å². The summed E-state index contributed by atoms with van der Waals surface area (Å²) in [6.07, 6.45) is 4.99. The molecule has 32 heavy (non-hydrogen) atoms. The minimum absolute atomic E-state index is 0.0570. The molecule has 1 aliphatic heterocycles. The van der Waals surface area contributed by atoms with E-state index >= 15 is 0 Å². The average molecular weight is 456 g/mol. The second kappa shape index (κ2) is 11.9. The first kappa shape index (κ1) is 24.1. The van der Waals surface area contributed by atoms with Crippen LogP contribution in [0.4, 0.5) is 11.4 Å². The topological polar surface area (TPSA) is 69.7 Å². The molecule has 7 heteroatoms. The molecule has 1 saturated heterocycles. The van der Waals surface area contributed by atoms with Crippen LogP contribution in [0.15, 0.2) is 53.4 Å². The Morgan fingerprint density at radius 1 is 0.969 bits per heavy atom. The molecule has 0 spiro atoms. The summed E-state index contributed by atoms with van der Waals surface area (Å²) in [6.45, 7) is 6.73. The molecule has 1 unspecified atom stereocenters. The first-order valence-electron chi connectivity index (χ1n) is 11.2. The lowest BCUT2D eigenvalue weighted by atomic mass is 10.0. The van der Waals surface area contributed by atoms with Crippen molar-refractivity contribution in [3.63, 3.8) is 0 Å². The van der Waals surface area contributed by atoms with Crippen LogP contribution < -0.4 is 10.2 Å². The van der Waals surface area contributed by atoms with Crippen LogP contribution in [0.1, 0.15) is 43.0 Å². The van der Waals surface area contributed by atoms with Gasteiger partial charge in [0.2, 0.25) is 5.91 Å². The summed E-state index contributed by atoms with van der Waals surface area (Å²) in [6, 6.07) is 15.6. The first-order valence-corrected chi connectivity index (χ1v) is 12.8. The molecule has 1 heterocycles. The molecule has 1 aliphatic rings. The van der Waals surface area contributed by atoms with Crippen LogP contribution in [-0.2, 0) is 15.6 Å². The fourth-order valence-electron chi connectivity index (χ4n) is 4.05. The number of Topliss-reactive ketones (excluding diaryl/α,β-unsaturated/α-hetero) is 1. The Kier molecular flexibility index (Phi) is 9.00. The Hall–Kier alpha value is -2.51. The van der Waals surface area contributed by atoms with Gasteiger partial charge in [0, 0.05) is 57.0 Å². The number of hydrogen-bond donors (Lipinski definition) is 1. The van der Waals surface area contributed by atoms with Crippen LogP contribution in [0.3, 0.4) is 0 Å². The van der Waals surface area contributed by atoms with Crippen LogP contribution in [0.2, 0.25) is 0 Å². The molecule has 0 bridgehead atoms. The molecule has 1 fully saturated rings. The molecule has 0 radical (unpaired) electrons. The van der Waals surface area contributed by atoms with Crippen molar-refractivity contribution in [1.29, 1.82) is 0 Å². The summed E-state index contributed by atoms with van der Waals surface area (Å²) in [5.74, 6) is -0.188. The molecule has 3 rings (SSSR count). The number of piperazine rings is 1. The lowest BCUT2D eigenvalue weighted by Gasteiger charge is -2.36. The number of unbranched alkanes of at least 4 members (excludes halogenated alkanes) is 2. The predicted molar refractivity (Wildman–Crippen MR) is 131 cm³/mol. The Bertz CT molecular complexity index is 941. The number of carbonyl (C=O) groups is 2. The van der Waals surface area contributed by atoms with E-state index in [-0.39, 0.29) is 11.7 Å². The minimum atomic E-state index is -1.24. The molecule has 1 amide bonds. The van der Waals surface area contributed by atoms with Crippen molar-refractivity contribution in [3.05, 3.63) is 54.1 Å². The van der Waals surface area contributed by atoms with E-state index in [9.17, 15) is 13.8 Å². The summed E-state index contributed by atoms with van der Waals surface area (Å²) < 4.78 is 11.9. The number of nitrogens with zero attached hydrogens (tertiary/aromatic N) is 2. The third kappa shape index (κ3) is 7.00. The second-order valence-corrected chi connectivity index (χ2v) is 9.59. The van der Waals surface area contributed by atoms with Crippen LogP contribution in [-0.4, -0.2) is 59.8 Å². The van der Waals surface area contributed by atoms with Gasteiger partial charge in [0.15, 0.2) is 5.78 Å². The maximum Gasteiger partial charge on any atom is 0.221 e. The zero-order valence-corrected chi connectivity index (χ0v) is 19.8. The van der Waals surface area contributed by atoms with E-state index in [0.29, 0.717) is 22.6 Å². The number of amides is 1. The Balaban J connectivity index is 1.38. The zero-order chi connectivity index (χ0) is 22.9. The maximum absolute atomic E-state index is 12.6. The van der Waals surface area contributed by atoms with E-state index in [2.05, 4.69) is 45.4 Å². The van der Waals surface area contributed by atoms with Crippen LogP contribution in [0.25, 0.3) is 0 Å². The fraction of sp³-hybridized carbons (Fsp3) is 0.440. The monoisotopic (exact) mass is 455 g/mol. The van der Waals surface area contributed by atoms with Gasteiger partial charge in [-0.3, -0.25) is 18.7 Å². The molecular weight excluding hydrogens is 422 g/mol. The van der Waals surface area contributed by atoms with Crippen LogP contribution in [0.5, 0.6) is 0 Å². The Labute approximate surface area is 193 Å². The van der Waals surface area contributed by atoms with E-state index in [0.717, 1.165) is 52.0 Å². The number of anilines is 2. The second-order valence-electron chi connectivity index (χ2n) is 8.24. The van der Waals surface area contributed by atoms with Gasteiger partial charge < -0.3 is 10.2 Å². The number of rotatable bonds is 10. The Morgan fingerprint density at radius 3 is 2.34 bits per heavy atom. The van der Waals surface area contributed by atoms with E-state index < -0.39 is 10.8 Å². The first-order chi connectivity index (χ1) is 15.4. The van der Waals surface area contributed by atoms with Gasteiger partial charge in [-0.25, -0.2) is 0 Å². The van der Waals surface area contributed by atoms with Crippen molar-refractivity contribution in [2.24, 2.45) is 0 Å². The van der Waals surface area contributed by atoms with E-state index in [1.807, 2.05) is 0 Å². The van der Waals surface area contributed by atoms with E-state index in [1.54, 1.807) is 24.5 Å². The molecule has 2 aromatic rings. The quantitative estimate of drug-likeness (QED) is 0.434. The number of ketones is 1. The van der Waals surface area contributed by atoms with Gasteiger partial charge in [0.1, 0.15) is 0 Å². The summed E-state index contributed by atoms with van der Waals surface area (Å²) in [5.41, 5.74) is 2.31. The highest BCUT2D eigenvalue weighted by atomic mass is 32.2. The van der Waals surface area contributed by atoms with Gasteiger partial charge >= 0.3 is 0 Å². The maximum atomic E-state index is 12.6. The Morgan fingerprint density at radius 2 is 1.69 bits per heavy atom. The van der Waals surface area contributed by atoms with Gasteiger partial charge in [0.25, 0.3) is 0 Å². The van der Waals surface area contributed by atoms with Gasteiger partial charge in [-0.05, 0) is 43.7 Å². The molecule has 6 nitrogen and oxygen atoms in total. The minimum Gasteiger partial charge on any atom is -0.369 e. The summed E-state index contributed by atoms with van der Waals surface area (Å²) in [7, 11) is -1.24. The third-order valence-electron chi connectivity index (χ3n) is 5.79. The van der Waals surface area contributed by atoms with Gasteiger partial charge in [0.05, 0.1) is 21.4 Å². The zero-order valence-electron chi connectivity index (χ0n) is 19.0. The molecule has 172 valence electrons. The van der Waals surface area contributed by atoms with Crippen molar-refractivity contribution in [3.8, 4) is 0 Å². The molecule has 0 aliphatic carbocycles. The molecule has 2 aromatic carbocycles. The summed E-state index contributed by atoms with van der Waals surface area (Å²) >= 11 is 0. The van der Waals surface area contributed by atoms with Crippen LogP contribution in [0, 0.1) is 0 Å². The van der Waals surface area contributed by atoms with Crippen molar-refractivity contribution < 1.29 is 13.8 Å². The SMILES string of the molecule is CC(=O)Nc1cc(C(=O)CCCCCN2CCN(c3ccccc3)CC2)ccc1S(C)=O. The number of carbonyl (C=O) groups excluding carboxylic acids is 2. The fourth-order valence-corrected chi connectivity index (χ4v) is 4.73. The number of para-hydroxylation sites is 1. The highest BCUT2D eigenvalue weighted by Gasteiger charge is 2.17. The van der Waals surface area contributed by atoms with Crippen molar-refractivity contribution >= 4 is 33.9 Å². The summed E-state index contributed by atoms with van der Waals surface area (Å²) in [5, 5.41) is 2.68. The van der Waals surface area contributed by atoms with Crippen molar-refractivity contribution in [1.82, 2.24) is 4.90 Å². The number of hydrogen-bond acceptors (Lipinski definition) is 5. The third-order valence-corrected chi connectivity index (χ3v) is 6.77. The largest absolute Gasteiger partial charge is 0.369 e.